The Morgan fingerprint density at radius 1 is 1.33 bits per heavy atom. The van der Waals surface area contributed by atoms with E-state index in [0.29, 0.717) is 18.5 Å². The third-order valence-corrected chi connectivity index (χ3v) is 3.23. The van der Waals surface area contributed by atoms with Crippen LogP contribution in [0.5, 0.6) is 0 Å². The van der Waals surface area contributed by atoms with Crippen molar-refractivity contribution < 1.29 is 14.7 Å². The Balaban J connectivity index is 2.00. The first-order chi connectivity index (χ1) is 8.62. The van der Waals surface area contributed by atoms with E-state index in [1.807, 2.05) is 0 Å². The molecule has 2 amide bonds. The summed E-state index contributed by atoms with van der Waals surface area (Å²) in [6.07, 6.45) is 6.57. The molecule has 0 saturated heterocycles. The van der Waals surface area contributed by atoms with E-state index in [1.165, 1.54) is 12.4 Å². The zero-order chi connectivity index (χ0) is 13.0. The SMILES string of the molecule is O=C(Nc1cn[nH]c1)NC1(C(=O)O)CCCCC1. The summed E-state index contributed by atoms with van der Waals surface area (Å²) in [5.41, 5.74) is -0.629. The molecular formula is C11H16N4O3. The highest BCUT2D eigenvalue weighted by Gasteiger charge is 2.40. The molecule has 0 aromatic carbocycles. The summed E-state index contributed by atoms with van der Waals surface area (Å²) in [7, 11) is 0. The second kappa shape index (κ2) is 5.07. The van der Waals surface area contributed by atoms with Gasteiger partial charge in [0.15, 0.2) is 0 Å². The fourth-order valence-electron chi connectivity index (χ4n) is 2.25. The number of carboxylic acids is 1. The molecule has 1 aliphatic rings. The third kappa shape index (κ3) is 2.61. The van der Waals surface area contributed by atoms with Gasteiger partial charge >= 0.3 is 12.0 Å². The van der Waals surface area contributed by atoms with E-state index in [0.717, 1.165) is 19.3 Å². The van der Waals surface area contributed by atoms with E-state index >= 15 is 0 Å². The predicted octanol–water partition coefficient (Wildman–Crippen LogP) is 1.32. The van der Waals surface area contributed by atoms with Gasteiger partial charge in [0.2, 0.25) is 0 Å². The molecule has 1 saturated carbocycles. The van der Waals surface area contributed by atoms with E-state index in [2.05, 4.69) is 20.8 Å². The van der Waals surface area contributed by atoms with E-state index in [1.54, 1.807) is 0 Å². The number of nitrogens with one attached hydrogen (secondary N) is 3. The molecule has 1 heterocycles. The molecule has 1 fully saturated rings. The lowest BCUT2D eigenvalue weighted by atomic mass is 9.82. The number of H-pyrrole nitrogens is 1. The van der Waals surface area contributed by atoms with Gasteiger partial charge < -0.3 is 15.7 Å². The van der Waals surface area contributed by atoms with Gasteiger partial charge in [-0.25, -0.2) is 9.59 Å². The van der Waals surface area contributed by atoms with Crippen LogP contribution in [0.1, 0.15) is 32.1 Å². The van der Waals surface area contributed by atoms with E-state index in [-0.39, 0.29) is 0 Å². The van der Waals surface area contributed by atoms with Crippen molar-refractivity contribution in [3.05, 3.63) is 12.4 Å². The van der Waals surface area contributed by atoms with Crippen molar-refractivity contribution in [2.24, 2.45) is 0 Å². The van der Waals surface area contributed by atoms with E-state index in [4.69, 9.17) is 0 Å². The van der Waals surface area contributed by atoms with Gasteiger partial charge in [0.1, 0.15) is 5.54 Å². The molecule has 18 heavy (non-hydrogen) atoms. The standard InChI is InChI=1S/C11H16N4O3/c16-9(17)11(4-2-1-3-5-11)15-10(18)14-8-6-12-13-7-8/h6-7H,1-5H2,(H,12,13)(H,16,17)(H2,14,15,18). The number of aromatic amines is 1. The number of rotatable bonds is 3. The van der Waals surface area contributed by atoms with Crippen molar-refractivity contribution in [1.82, 2.24) is 15.5 Å². The Bertz CT molecular complexity index is 424. The van der Waals surface area contributed by atoms with Crippen LogP contribution in [-0.2, 0) is 4.79 Å². The Hall–Kier alpha value is -2.05. The van der Waals surface area contributed by atoms with Gasteiger partial charge in [-0.05, 0) is 12.8 Å². The average Bonchev–Trinajstić information content (AvgIpc) is 2.82. The smallest absolute Gasteiger partial charge is 0.329 e. The van der Waals surface area contributed by atoms with Crippen LogP contribution in [0.25, 0.3) is 0 Å². The molecule has 1 aromatic heterocycles. The van der Waals surface area contributed by atoms with E-state index < -0.39 is 17.5 Å². The van der Waals surface area contributed by atoms with Crippen molar-refractivity contribution in [1.29, 1.82) is 0 Å². The maximum absolute atomic E-state index is 11.8. The number of carbonyl (C=O) groups excluding carboxylic acids is 1. The molecule has 1 aliphatic carbocycles. The van der Waals surface area contributed by atoms with Crippen molar-refractivity contribution in [3.8, 4) is 0 Å². The van der Waals surface area contributed by atoms with Crippen LogP contribution in [0.3, 0.4) is 0 Å². The molecule has 1 aromatic rings. The summed E-state index contributed by atoms with van der Waals surface area (Å²) in [5.74, 6) is -0.968. The Kier molecular flexibility index (Phi) is 3.50. The summed E-state index contributed by atoms with van der Waals surface area (Å²) in [6.45, 7) is 0. The van der Waals surface area contributed by atoms with Crippen LogP contribution < -0.4 is 10.6 Å². The molecule has 0 aliphatic heterocycles. The van der Waals surface area contributed by atoms with Crippen LogP contribution in [-0.4, -0.2) is 32.8 Å². The minimum Gasteiger partial charge on any atom is -0.480 e. The number of hydrogen-bond acceptors (Lipinski definition) is 3. The Labute approximate surface area is 104 Å². The number of aromatic nitrogens is 2. The number of aliphatic carboxylic acids is 1. The lowest BCUT2D eigenvalue weighted by Crippen LogP contribution is -2.56. The quantitative estimate of drug-likeness (QED) is 0.650. The van der Waals surface area contributed by atoms with Crippen LogP contribution in [0.4, 0.5) is 10.5 Å². The molecule has 7 nitrogen and oxygen atoms in total. The van der Waals surface area contributed by atoms with Gasteiger partial charge in [-0.1, -0.05) is 19.3 Å². The molecule has 0 unspecified atom stereocenters. The number of anilines is 1. The zero-order valence-corrected chi connectivity index (χ0v) is 9.90. The number of hydrogen-bond donors (Lipinski definition) is 4. The van der Waals surface area contributed by atoms with Crippen LogP contribution in [0.2, 0.25) is 0 Å². The molecule has 0 spiro atoms. The maximum Gasteiger partial charge on any atom is 0.329 e. The Morgan fingerprint density at radius 3 is 2.61 bits per heavy atom. The number of nitrogens with zero attached hydrogens (tertiary/aromatic N) is 1. The van der Waals surface area contributed by atoms with Gasteiger partial charge in [-0.2, -0.15) is 5.10 Å². The molecule has 0 bridgehead atoms. The number of amides is 2. The van der Waals surface area contributed by atoms with Crippen molar-refractivity contribution in [2.75, 3.05) is 5.32 Å². The summed E-state index contributed by atoms with van der Waals surface area (Å²) in [4.78, 5) is 23.1. The fourth-order valence-corrected chi connectivity index (χ4v) is 2.25. The predicted molar refractivity (Wildman–Crippen MR) is 64.2 cm³/mol. The van der Waals surface area contributed by atoms with Gasteiger partial charge in [0.05, 0.1) is 11.9 Å². The lowest BCUT2D eigenvalue weighted by molar-refractivity contribution is -0.145. The summed E-state index contributed by atoms with van der Waals surface area (Å²) in [5, 5.41) is 20.7. The first-order valence-corrected chi connectivity index (χ1v) is 5.94. The number of carboxylic acid groups (broad SMARTS) is 1. The normalized spacial score (nSPS) is 18.0. The van der Waals surface area contributed by atoms with Gasteiger partial charge in [0.25, 0.3) is 0 Å². The molecule has 7 heteroatoms. The average molecular weight is 252 g/mol. The first kappa shape index (κ1) is 12.4. The minimum atomic E-state index is -1.13. The summed E-state index contributed by atoms with van der Waals surface area (Å²) < 4.78 is 0. The summed E-state index contributed by atoms with van der Waals surface area (Å²) >= 11 is 0. The monoisotopic (exact) mass is 252 g/mol. The molecule has 2 rings (SSSR count). The molecule has 98 valence electrons. The molecule has 4 N–H and O–H groups in total. The lowest BCUT2D eigenvalue weighted by Gasteiger charge is -2.33. The molecule has 0 atom stereocenters. The maximum atomic E-state index is 11.8. The first-order valence-electron chi connectivity index (χ1n) is 5.94. The summed E-state index contributed by atoms with van der Waals surface area (Å²) in [6, 6.07) is -0.513. The Morgan fingerprint density at radius 2 is 2.06 bits per heavy atom. The highest BCUT2D eigenvalue weighted by molar-refractivity contribution is 5.93. The second-order valence-corrected chi connectivity index (χ2v) is 4.51. The largest absolute Gasteiger partial charge is 0.480 e. The number of carbonyl (C=O) groups is 2. The van der Waals surface area contributed by atoms with Crippen molar-refractivity contribution >= 4 is 17.7 Å². The van der Waals surface area contributed by atoms with E-state index in [9.17, 15) is 14.7 Å². The highest BCUT2D eigenvalue weighted by atomic mass is 16.4. The van der Waals surface area contributed by atoms with Crippen LogP contribution in [0.15, 0.2) is 12.4 Å². The fraction of sp³-hybridized carbons (Fsp3) is 0.545. The number of urea groups is 1. The highest BCUT2D eigenvalue weighted by Crippen LogP contribution is 2.28. The zero-order valence-electron chi connectivity index (χ0n) is 9.90. The van der Waals surface area contributed by atoms with Gasteiger partial charge in [0, 0.05) is 6.20 Å². The second-order valence-electron chi connectivity index (χ2n) is 4.51. The van der Waals surface area contributed by atoms with Crippen LogP contribution >= 0.6 is 0 Å². The minimum absolute atomic E-state index is 0.473. The topological polar surface area (TPSA) is 107 Å². The molecular weight excluding hydrogens is 236 g/mol. The van der Waals surface area contributed by atoms with Crippen LogP contribution in [0, 0.1) is 0 Å². The van der Waals surface area contributed by atoms with Crippen molar-refractivity contribution in [2.45, 2.75) is 37.6 Å². The third-order valence-electron chi connectivity index (χ3n) is 3.23. The van der Waals surface area contributed by atoms with Crippen molar-refractivity contribution in [3.63, 3.8) is 0 Å². The van der Waals surface area contributed by atoms with Gasteiger partial charge in [-0.15, -0.1) is 0 Å². The van der Waals surface area contributed by atoms with Gasteiger partial charge in [-0.3, -0.25) is 5.10 Å². The molecule has 0 radical (unpaired) electrons.